The highest BCUT2D eigenvalue weighted by molar-refractivity contribution is 9.10. The summed E-state index contributed by atoms with van der Waals surface area (Å²) in [4.78, 5) is 26.0. The average molecular weight is 425 g/mol. The van der Waals surface area contributed by atoms with Crippen LogP contribution in [0.5, 0.6) is 0 Å². The molecule has 0 aliphatic heterocycles. The Labute approximate surface area is 160 Å². The van der Waals surface area contributed by atoms with Crippen LogP contribution in [0.15, 0.2) is 56.5 Å². The molecule has 27 heavy (non-hydrogen) atoms. The number of halogens is 1. The molecule has 0 amide bonds. The third-order valence-electron chi connectivity index (χ3n) is 4.39. The lowest BCUT2D eigenvalue weighted by Gasteiger charge is -2.01. The predicted molar refractivity (Wildman–Crippen MR) is 103 cm³/mol. The van der Waals surface area contributed by atoms with Gasteiger partial charge in [-0.05, 0) is 24.3 Å². The Balaban J connectivity index is 1.44. The summed E-state index contributed by atoms with van der Waals surface area (Å²) in [5, 5.41) is 4.08. The molecule has 0 aliphatic rings. The first-order valence-corrected chi connectivity index (χ1v) is 9.11. The molecule has 8 nitrogen and oxygen atoms in total. The lowest BCUT2D eigenvalue weighted by Crippen LogP contribution is -2.01. The normalized spacial score (nSPS) is 11.6. The number of fused-ring (bicyclic) bond motifs is 2. The van der Waals surface area contributed by atoms with Gasteiger partial charge in [0.25, 0.3) is 5.89 Å². The van der Waals surface area contributed by atoms with E-state index in [-0.39, 0.29) is 5.69 Å². The monoisotopic (exact) mass is 424 g/mol. The summed E-state index contributed by atoms with van der Waals surface area (Å²) < 4.78 is 8.31. The van der Waals surface area contributed by atoms with E-state index in [4.69, 9.17) is 4.52 Å². The number of hydrogen-bond acceptors (Lipinski definition) is 5. The number of imidazole rings is 2. The number of aromatic nitrogens is 6. The minimum absolute atomic E-state index is 0.281. The highest BCUT2D eigenvalue weighted by Crippen LogP contribution is 2.28. The van der Waals surface area contributed by atoms with Crippen molar-refractivity contribution in [2.45, 2.75) is 13.0 Å². The number of H-pyrrole nitrogens is 2. The van der Waals surface area contributed by atoms with Gasteiger partial charge in [-0.15, -0.1) is 0 Å². The van der Waals surface area contributed by atoms with E-state index in [1.807, 2.05) is 42.7 Å². The van der Waals surface area contributed by atoms with Crippen molar-refractivity contribution >= 4 is 38.0 Å². The molecular weight excluding hydrogens is 412 g/mol. The van der Waals surface area contributed by atoms with E-state index < -0.39 is 0 Å². The zero-order valence-electron chi connectivity index (χ0n) is 13.9. The Morgan fingerprint density at radius 3 is 3.00 bits per heavy atom. The van der Waals surface area contributed by atoms with E-state index in [1.54, 1.807) is 0 Å². The van der Waals surface area contributed by atoms with E-state index in [0.29, 0.717) is 41.3 Å². The van der Waals surface area contributed by atoms with Gasteiger partial charge in [-0.1, -0.05) is 33.2 Å². The van der Waals surface area contributed by atoms with Crippen LogP contribution in [0.2, 0.25) is 0 Å². The second kappa shape index (κ2) is 6.20. The van der Waals surface area contributed by atoms with Gasteiger partial charge in [-0.2, -0.15) is 4.98 Å². The van der Waals surface area contributed by atoms with Gasteiger partial charge in [0, 0.05) is 17.4 Å². The molecule has 0 saturated heterocycles. The van der Waals surface area contributed by atoms with Crippen LogP contribution < -0.4 is 5.69 Å². The molecule has 0 aliphatic carbocycles. The Kier molecular flexibility index (Phi) is 3.68. The van der Waals surface area contributed by atoms with Gasteiger partial charge < -0.3 is 19.1 Å². The molecule has 2 aromatic carbocycles. The van der Waals surface area contributed by atoms with Gasteiger partial charge in [0.05, 0.1) is 34.0 Å². The highest BCUT2D eigenvalue weighted by atomic mass is 79.9. The lowest BCUT2D eigenvalue weighted by molar-refractivity contribution is 0.421. The van der Waals surface area contributed by atoms with Gasteiger partial charge in [0.15, 0.2) is 5.82 Å². The molecule has 2 N–H and O–H groups in total. The van der Waals surface area contributed by atoms with Crippen LogP contribution in [0, 0.1) is 0 Å². The van der Waals surface area contributed by atoms with E-state index in [9.17, 15) is 4.79 Å². The smallest absolute Gasteiger partial charge is 0.323 e. The quantitative estimate of drug-likeness (QED) is 0.460. The summed E-state index contributed by atoms with van der Waals surface area (Å²) in [7, 11) is 0. The zero-order valence-corrected chi connectivity index (χ0v) is 15.5. The lowest BCUT2D eigenvalue weighted by atomic mass is 10.2. The molecular formula is C18H13BrN6O2. The molecule has 0 fully saturated rings. The van der Waals surface area contributed by atoms with Gasteiger partial charge in [0.1, 0.15) is 0 Å². The van der Waals surface area contributed by atoms with Crippen molar-refractivity contribution in [2.24, 2.45) is 0 Å². The number of benzene rings is 2. The molecule has 0 radical (unpaired) electrons. The predicted octanol–water partition coefficient (Wildman–Crippen LogP) is 3.26. The Hall–Kier alpha value is -3.20. The van der Waals surface area contributed by atoms with Crippen LogP contribution >= 0.6 is 15.9 Å². The summed E-state index contributed by atoms with van der Waals surface area (Å²) in [6.45, 7) is 0.689. The van der Waals surface area contributed by atoms with Gasteiger partial charge >= 0.3 is 5.69 Å². The van der Waals surface area contributed by atoms with Crippen molar-refractivity contribution in [2.75, 3.05) is 0 Å². The van der Waals surface area contributed by atoms with Crippen LogP contribution in [-0.2, 0) is 13.0 Å². The number of para-hydroxylation sites is 2. The minimum atomic E-state index is -0.281. The van der Waals surface area contributed by atoms with Crippen LogP contribution in [0.1, 0.15) is 5.82 Å². The van der Waals surface area contributed by atoms with Crippen LogP contribution in [0.25, 0.3) is 33.5 Å². The van der Waals surface area contributed by atoms with E-state index >= 15 is 0 Å². The van der Waals surface area contributed by atoms with Crippen LogP contribution in [0.4, 0.5) is 0 Å². The maximum atomic E-state index is 11.6. The molecule has 3 aromatic heterocycles. The number of nitrogens with zero attached hydrogens (tertiary/aromatic N) is 4. The Morgan fingerprint density at radius 2 is 2.07 bits per heavy atom. The van der Waals surface area contributed by atoms with Crippen molar-refractivity contribution in [3.05, 3.63) is 63.5 Å². The highest BCUT2D eigenvalue weighted by Gasteiger charge is 2.15. The molecule has 5 aromatic rings. The maximum Gasteiger partial charge on any atom is 0.323 e. The number of hydrogen-bond donors (Lipinski definition) is 2. The third-order valence-corrected chi connectivity index (χ3v) is 4.85. The molecule has 0 spiro atoms. The van der Waals surface area contributed by atoms with Crippen molar-refractivity contribution in [1.29, 1.82) is 0 Å². The fourth-order valence-electron chi connectivity index (χ4n) is 3.15. The van der Waals surface area contributed by atoms with Crippen LogP contribution in [-0.4, -0.2) is 29.7 Å². The SMILES string of the molecule is O=c1[nH]c2cc(Br)cc(-c3nc(CCn4cnc5ccccc54)no3)c2[nH]1. The number of nitrogens with one attached hydrogen (secondary N) is 2. The Bertz CT molecular complexity index is 1330. The molecule has 5 rings (SSSR count). The topological polar surface area (TPSA) is 105 Å². The third kappa shape index (κ3) is 2.85. The second-order valence-corrected chi connectivity index (χ2v) is 7.06. The number of aryl methyl sites for hydroxylation is 2. The van der Waals surface area contributed by atoms with E-state index in [2.05, 4.69) is 45.6 Å². The summed E-state index contributed by atoms with van der Waals surface area (Å²) in [5.74, 6) is 0.954. The van der Waals surface area contributed by atoms with E-state index in [0.717, 1.165) is 15.5 Å². The largest absolute Gasteiger partial charge is 0.334 e. The molecule has 134 valence electrons. The van der Waals surface area contributed by atoms with Crippen molar-refractivity contribution in [3.63, 3.8) is 0 Å². The standard InChI is InChI=1S/C18H13BrN6O2/c19-10-7-11(16-13(8-10)21-18(26)23-16)17-22-15(24-27-17)5-6-25-9-20-12-3-1-2-4-14(12)25/h1-4,7-9H,5-6H2,(H2,21,23,26). The van der Waals surface area contributed by atoms with Gasteiger partial charge in [0.2, 0.25) is 0 Å². The van der Waals surface area contributed by atoms with Gasteiger partial charge in [-0.25, -0.2) is 9.78 Å². The van der Waals surface area contributed by atoms with Crippen molar-refractivity contribution in [1.82, 2.24) is 29.7 Å². The summed E-state index contributed by atoms with van der Waals surface area (Å²) in [6, 6.07) is 11.6. The molecule has 0 atom stereocenters. The molecule has 0 saturated carbocycles. The number of rotatable bonds is 4. The average Bonchev–Trinajstić information content (AvgIpc) is 3.36. The van der Waals surface area contributed by atoms with Crippen molar-refractivity contribution < 1.29 is 4.52 Å². The van der Waals surface area contributed by atoms with Crippen LogP contribution in [0.3, 0.4) is 0 Å². The van der Waals surface area contributed by atoms with E-state index in [1.165, 1.54) is 0 Å². The first kappa shape index (κ1) is 16.0. The zero-order chi connectivity index (χ0) is 18.4. The fraction of sp³-hybridized carbons (Fsp3) is 0.111. The first-order chi connectivity index (χ1) is 13.2. The summed E-state index contributed by atoms with van der Waals surface area (Å²) in [5.41, 5.74) is 3.73. The molecule has 9 heteroatoms. The molecule has 3 heterocycles. The second-order valence-electron chi connectivity index (χ2n) is 6.15. The summed E-state index contributed by atoms with van der Waals surface area (Å²) in [6.07, 6.45) is 2.42. The fourth-order valence-corrected chi connectivity index (χ4v) is 3.61. The maximum absolute atomic E-state index is 11.6. The molecule has 0 bridgehead atoms. The molecule has 0 unspecified atom stereocenters. The first-order valence-electron chi connectivity index (χ1n) is 8.32. The summed E-state index contributed by atoms with van der Waals surface area (Å²) >= 11 is 3.44. The minimum Gasteiger partial charge on any atom is -0.334 e. The van der Waals surface area contributed by atoms with Gasteiger partial charge in [-0.3, -0.25) is 0 Å². The van der Waals surface area contributed by atoms with Crippen molar-refractivity contribution in [3.8, 4) is 11.5 Å². The number of aromatic amines is 2. The Morgan fingerprint density at radius 1 is 1.19 bits per heavy atom.